The summed E-state index contributed by atoms with van der Waals surface area (Å²) in [6, 6.07) is 11.3. The van der Waals surface area contributed by atoms with Gasteiger partial charge in [0.05, 0.1) is 14.2 Å². The van der Waals surface area contributed by atoms with Crippen LogP contribution in [0.2, 0.25) is 0 Å². The Morgan fingerprint density at radius 2 is 1.71 bits per heavy atom. The maximum Gasteiger partial charge on any atom is 0.241 e. The van der Waals surface area contributed by atoms with Crippen LogP contribution in [0.3, 0.4) is 0 Å². The molecule has 0 atom stereocenters. The van der Waals surface area contributed by atoms with Crippen molar-refractivity contribution in [3.63, 3.8) is 0 Å². The number of rotatable bonds is 6. The van der Waals surface area contributed by atoms with Crippen molar-refractivity contribution in [1.29, 1.82) is 0 Å². The van der Waals surface area contributed by atoms with Crippen molar-refractivity contribution in [1.82, 2.24) is 0 Å². The molecule has 0 aliphatic heterocycles. The number of carbonyl (C=O) groups is 1. The molecule has 0 saturated heterocycles. The number of para-hydroxylation sites is 1. The predicted molar refractivity (Wildman–Crippen MR) is 90.7 cm³/mol. The summed E-state index contributed by atoms with van der Waals surface area (Å²) in [4.78, 5) is 12.1. The van der Waals surface area contributed by atoms with E-state index in [1.54, 1.807) is 18.2 Å². The van der Waals surface area contributed by atoms with Crippen LogP contribution in [0, 0.1) is 0 Å². The SMILES string of the molecule is COc1ccccc1/C=C/C(=O)c1ccc(OC)c(S(N)(=O)=O)c1. The number of benzene rings is 2. The van der Waals surface area contributed by atoms with Crippen molar-refractivity contribution >= 4 is 21.9 Å². The molecule has 2 aromatic rings. The number of primary sulfonamides is 1. The molecule has 7 heteroatoms. The van der Waals surface area contributed by atoms with Crippen LogP contribution in [0.15, 0.2) is 53.4 Å². The van der Waals surface area contributed by atoms with Gasteiger partial charge < -0.3 is 9.47 Å². The number of sulfonamides is 1. The van der Waals surface area contributed by atoms with E-state index in [4.69, 9.17) is 14.6 Å². The van der Waals surface area contributed by atoms with Gasteiger partial charge in [-0.3, -0.25) is 4.79 Å². The Kier molecular flexibility index (Phi) is 5.38. The van der Waals surface area contributed by atoms with E-state index in [1.807, 2.05) is 12.1 Å². The van der Waals surface area contributed by atoms with Crippen LogP contribution < -0.4 is 14.6 Å². The molecule has 0 saturated carbocycles. The molecule has 2 rings (SSSR count). The largest absolute Gasteiger partial charge is 0.496 e. The maximum absolute atomic E-state index is 12.3. The maximum atomic E-state index is 12.3. The highest BCUT2D eigenvalue weighted by Crippen LogP contribution is 2.24. The number of methoxy groups -OCH3 is 2. The van der Waals surface area contributed by atoms with Crippen molar-refractivity contribution < 1.29 is 22.7 Å². The second-order valence-electron chi connectivity index (χ2n) is 4.85. The van der Waals surface area contributed by atoms with Crippen molar-refractivity contribution in [2.75, 3.05) is 14.2 Å². The number of carbonyl (C=O) groups excluding carboxylic acids is 1. The normalized spacial score (nSPS) is 11.5. The van der Waals surface area contributed by atoms with Crippen molar-refractivity contribution in [2.24, 2.45) is 5.14 Å². The van der Waals surface area contributed by atoms with E-state index in [0.717, 1.165) is 5.56 Å². The predicted octanol–water partition coefficient (Wildman–Crippen LogP) is 2.25. The van der Waals surface area contributed by atoms with Crippen molar-refractivity contribution in [2.45, 2.75) is 4.90 Å². The quantitative estimate of drug-likeness (QED) is 0.639. The number of ether oxygens (including phenoxy) is 2. The molecule has 126 valence electrons. The molecule has 0 spiro atoms. The number of nitrogens with two attached hydrogens (primary N) is 1. The number of hydrogen-bond acceptors (Lipinski definition) is 5. The Morgan fingerprint density at radius 1 is 1.04 bits per heavy atom. The zero-order valence-corrected chi connectivity index (χ0v) is 14.0. The summed E-state index contributed by atoms with van der Waals surface area (Å²) in [5.41, 5.74) is 0.916. The van der Waals surface area contributed by atoms with Crippen LogP contribution in [0.25, 0.3) is 6.08 Å². The molecule has 0 heterocycles. The van der Waals surface area contributed by atoms with Gasteiger partial charge in [-0.15, -0.1) is 0 Å². The zero-order valence-electron chi connectivity index (χ0n) is 13.2. The monoisotopic (exact) mass is 347 g/mol. The average molecular weight is 347 g/mol. The van der Waals surface area contributed by atoms with E-state index in [2.05, 4.69) is 0 Å². The van der Waals surface area contributed by atoms with Crippen LogP contribution in [-0.2, 0) is 10.0 Å². The molecule has 6 nitrogen and oxygen atoms in total. The van der Waals surface area contributed by atoms with E-state index < -0.39 is 10.0 Å². The van der Waals surface area contributed by atoms with Crippen LogP contribution >= 0.6 is 0 Å². The number of hydrogen-bond donors (Lipinski definition) is 1. The second-order valence-corrected chi connectivity index (χ2v) is 6.38. The topological polar surface area (TPSA) is 95.7 Å². The van der Waals surface area contributed by atoms with Gasteiger partial charge in [-0.25, -0.2) is 13.6 Å². The van der Waals surface area contributed by atoms with Gasteiger partial charge in [0.2, 0.25) is 10.0 Å². The Balaban J connectivity index is 2.35. The minimum absolute atomic E-state index is 0.0859. The smallest absolute Gasteiger partial charge is 0.241 e. The van der Waals surface area contributed by atoms with Crippen LogP contribution in [-0.4, -0.2) is 28.4 Å². The summed E-state index contributed by atoms with van der Waals surface area (Å²) in [7, 11) is -1.14. The van der Waals surface area contributed by atoms with Crippen LogP contribution in [0.5, 0.6) is 11.5 Å². The molecule has 0 aliphatic carbocycles. The first kappa shape index (κ1) is 17.7. The summed E-state index contributed by atoms with van der Waals surface area (Å²) in [5, 5.41) is 5.15. The standard InChI is InChI=1S/C17H17NO5S/c1-22-15-6-4-3-5-12(15)7-9-14(19)13-8-10-16(23-2)17(11-13)24(18,20)21/h3-11H,1-2H3,(H2,18,20,21)/b9-7+. The highest BCUT2D eigenvalue weighted by Gasteiger charge is 2.17. The molecule has 0 fully saturated rings. The summed E-state index contributed by atoms with van der Waals surface area (Å²) < 4.78 is 33.4. The fourth-order valence-corrected chi connectivity index (χ4v) is 2.84. The lowest BCUT2D eigenvalue weighted by Crippen LogP contribution is -2.14. The third kappa shape index (κ3) is 4.01. The molecule has 0 bridgehead atoms. The van der Waals surface area contributed by atoms with E-state index >= 15 is 0 Å². The third-order valence-electron chi connectivity index (χ3n) is 3.31. The molecule has 0 unspecified atom stereocenters. The molecule has 0 aliphatic rings. The minimum Gasteiger partial charge on any atom is -0.496 e. The lowest BCUT2D eigenvalue weighted by molar-refractivity contribution is 0.104. The zero-order chi connectivity index (χ0) is 17.7. The Morgan fingerprint density at radius 3 is 2.33 bits per heavy atom. The van der Waals surface area contributed by atoms with Gasteiger partial charge in [0.25, 0.3) is 0 Å². The van der Waals surface area contributed by atoms with Crippen LogP contribution in [0.4, 0.5) is 0 Å². The minimum atomic E-state index is -4.00. The van der Waals surface area contributed by atoms with Gasteiger partial charge in [-0.1, -0.05) is 18.2 Å². The van der Waals surface area contributed by atoms with Gasteiger partial charge in [0, 0.05) is 11.1 Å². The Hall–Kier alpha value is -2.64. The van der Waals surface area contributed by atoms with Crippen LogP contribution in [0.1, 0.15) is 15.9 Å². The third-order valence-corrected chi connectivity index (χ3v) is 4.24. The molecule has 2 aromatic carbocycles. The second kappa shape index (κ2) is 7.29. The van der Waals surface area contributed by atoms with E-state index in [0.29, 0.717) is 5.75 Å². The highest BCUT2D eigenvalue weighted by atomic mass is 32.2. The molecule has 2 N–H and O–H groups in total. The molecule has 0 amide bonds. The van der Waals surface area contributed by atoms with E-state index in [9.17, 15) is 13.2 Å². The fraction of sp³-hybridized carbons (Fsp3) is 0.118. The molecule has 24 heavy (non-hydrogen) atoms. The van der Waals surface area contributed by atoms with Gasteiger partial charge in [-0.05, 0) is 36.4 Å². The number of allylic oxidation sites excluding steroid dienone is 1. The average Bonchev–Trinajstić information content (AvgIpc) is 2.58. The van der Waals surface area contributed by atoms with E-state index in [1.165, 1.54) is 38.5 Å². The summed E-state index contributed by atoms with van der Waals surface area (Å²) in [6.07, 6.45) is 2.94. The lowest BCUT2D eigenvalue weighted by atomic mass is 10.1. The lowest BCUT2D eigenvalue weighted by Gasteiger charge is -2.07. The van der Waals surface area contributed by atoms with Crippen molar-refractivity contribution in [3.05, 3.63) is 59.7 Å². The molecule has 0 radical (unpaired) electrons. The summed E-state index contributed by atoms with van der Waals surface area (Å²) >= 11 is 0. The van der Waals surface area contributed by atoms with E-state index in [-0.39, 0.29) is 22.0 Å². The summed E-state index contributed by atoms with van der Waals surface area (Å²) in [6.45, 7) is 0. The Bertz CT molecular complexity index is 888. The highest BCUT2D eigenvalue weighted by molar-refractivity contribution is 7.89. The van der Waals surface area contributed by atoms with Gasteiger partial charge in [-0.2, -0.15) is 0 Å². The molecule has 0 aromatic heterocycles. The van der Waals surface area contributed by atoms with Gasteiger partial charge in [0.15, 0.2) is 5.78 Å². The van der Waals surface area contributed by atoms with Crippen molar-refractivity contribution in [3.8, 4) is 11.5 Å². The first-order valence-corrected chi connectivity index (χ1v) is 8.47. The summed E-state index contributed by atoms with van der Waals surface area (Å²) in [5.74, 6) is 0.345. The molecular weight excluding hydrogens is 330 g/mol. The Labute approximate surface area is 140 Å². The molecular formula is C17H17NO5S. The first-order chi connectivity index (χ1) is 11.4. The van der Waals surface area contributed by atoms with Gasteiger partial charge in [0.1, 0.15) is 16.4 Å². The fourth-order valence-electron chi connectivity index (χ4n) is 2.12. The van der Waals surface area contributed by atoms with Gasteiger partial charge >= 0.3 is 0 Å². The number of ketones is 1. The first-order valence-electron chi connectivity index (χ1n) is 6.93.